The summed E-state index contributed by atoms with van der Waals surface area (Å²) in [5.74, 6) is 0.802. The third-order valence-corrected chi connectivity index (χ3v) is 1.42. The molecule has 7 heavy (non-hydrogen) atoms. The van der Waals surface area contributed by atoms with Crippen LogP contribution in [0, 0.1) is 5.92 Å². The maximum atomic E-state index is 5.37. The van der Waals surface area contributed by atoms with Crippen LogP contribution < -0.4 is 5.73 Å². The first-order valence-electron chi connectivity index (χ1n) is 1.92. The second kappa shape index (κ2) is 2.21. The Balaban J connectivity index is 3.54. The molecule has 3 heteroatoms. The van der Waals surface area contributed by atoms with Gasteiger partial charge in [-0.15, -0.1) is 0 Å². The highest BCUT2D eigenvalue weighted by molar-refractivity contribution is 6.49. The van der Waals surface area contributed by atoms with E-state index in [0.29, 0.717) is 0 Å². The van der Waals surface area contributed by atoms with Crippen LogP contribution in [0.1, 0.15) is 13.8 Å². The molecule has 1 radical (unpaired) electrons. The Labute approximate surface area is 53.8 Å². The molecule has 0 amide bonds. The van der Waals surface area contributed by atoms with E-state index in [9.17, 15) is 0 Å². The largest absolute Gasteiger partial charge is 0.300 e. The molecule has 0 rings (SSSR count). The molecular formula is C4H8Cl2N. The summed E-state index contributed by atoms with van der Waals surface area (Å²) in [5.41, 5.74) is 5.17. The first kappa shape index (κ1) is 7.54. The van der Waals surface area contributed by atoms with E-state index in [4.69, 9.17) is 28.9 Å². The molecule has 0 fully saturated rings. The lowest BCUT2D eigenvalue weighted by atomic mass is 10.2. The minimum absolute atomic E-state index is 0.802. The molecule has 0 aliphatic heterocycles. The van der Waals surface area contributed by atoms with Crippen LogP contribution in [0.3, 0.4) is 0 Å². The van der Waals surface area contributed by atoms with Crippen molar-refractivity contribution in [3.8, 4) is 0 Å². The molecule has 0 atom stereocenters. The molecule has 0 saturated heterocycles. The van der Waals surface area contributed by atoms with Gasteiger partial charge in [0.05, 0.1) is 0 Å². The molecule has 0 unspecified atom stereocenters. The molecular weight excluding hydrogens is 133 g/mol. The van der Waals surface area contributed by atoms with Crippen molar-refractivity contribution in [2.24, 2.45) is 5.73 Å². The van der Waals surface area contributed by atoms with Crippen molar-refractivity contribution in [2.75, 3.05) is 0 Å². The Hall–Kier alpha value is 0.540. The highest BCUT2D eigenvalue weighted by Gasteiger charge is 2.21. The minimum Gasteiger partial charge on any atom is -0.300 e. The zero-order valence-corrected chi connectivity index (χ0v) is 5.85. The molecule has 0 aromatic rings. The molecule has 0 heterocycles. The molecule has 2 N–H and O–H groups in total. The van der Waals surface area contributed by atoms with Gasteiger partial charge in [0.25, 0.3) is 0 Å². The molecule has 0 aliphatic carbocycles. The van der Waals surface area contributed by atoms with Crippen LogP contribution in [0.5, 0.6) is 0 Å². The van der Waals surface area contributed by atoms with Gasteiger partial charge >= 0.3 is 0 Å². The second-order valence-electron chi connectivity index (χ2n) is 1.62. The Bertz CT molecular complexity index is 55.2. The SMILES string of the molecule is C[C](C)C(N)(Cl)Cl. The van der Waals surface area contributed by atoms with Crippen molar-refractivity contribution in [1.29, 1.82) is 0 Å². The van der Waals surface area contributed by atoms with Gasteiger partial charge in [-0.2, -0.15) is 0 Å². The van der Waals surface area contributed by atoms with Crippen molar-refractivity contribution in [1.82, 2.24) is 0 Å². The molecule has 0 aromatic carbocycles. The predicted molar refractivity (Wildman–Crippen MR) is 33.2 cm³/mol. The smallest absolute Gasteiger partial charge is 0.172 e. The third-order valence-electron chi connectivity index (χ3n) is 0.667. The van der Waals surface area contributed by atoms with Gasteiger partial charge < -0.3 is 0 Å². The van der Waals surface area contributed by atoms with E-state index < -0.39 is 4.46 Å². The van der Waals surface area contributed by atoms with Crippen LogP contribution in [-0.2, 0) is 0 Å². The van der Waals surface area contributed by atoms with Gasteiger partial charge in [-0.1, -0.05) is 37.0 Å². The fourth-order valence-corrected chi connectivity index (χ4v) is 0. The second-order valence-corrected chi connectivity index (χ2v) is 3.01. The molecule has 0 spiro atoms. The number of hydrogen-bond acceptors (Lipinski definition) is 1. The van der Waals surface area contributed by atoms with Gasteiger partial charge in [0.15, 0.2) is 4.46 Å². The summed E-state index contributed by atoms with van der Waals surface area (Å²) < 4.78 is -1.14. The lowest BCUT2D eigenvalue weighted by Gasteiger charge is -2.15. The average molecular weight is 141 g/mol. The van der Waals surface area contributed by atoms with Crippen LogP contribution in [0.2, 0.25) is 0 Å². The zero-order chi connectivity index (χ0) is 6.08. The number of halogens is 2. The molecule has 0 aliphatic rings. The van der Waals surface area contributed by atoms with Crippen LogP contribution >= 0.6 is 23.2 Å². The fourth-order valence-electron chi connectivity index (χ4n) is 0. The highest BCUT2D eigenvalue weighted by atomic mass is 35.5. The summed E-state index contributed by atoms with van der Waals surface area (Å²) in [7, 11) is 0. The molecule has 0 aromatic heterocycles. The van der Waals surface area contributed by atoms with E-state index in [2.05, 4.69) is 0 Å². The fraction of sp³-hybridized carbons (Fsp3) is 0.750. The summed E-state index contributed by atoms with van der Waals surface area (Å²) in [5, 5.41) is 0. The van der Waals surface area contributed by atoms with Crippen molar-refractivity contribution >= 4 is 23.2 Å². The topological polar surface area (TPSA) is 26.0 Å². The summed E-state index contributed by atoms with van der Waals surface area (Å²) in [6.07, 6.45) is 0. The monoisotopic (exact) mass is 140 g/mol. The Morgan fingerprint density at radius 2 is 1.57 bits per heavy atom. The quantitative estimate of drug-likeness (QED) is 0.436. The van der Waals surface area contributed by atoms with E-state index in [0.717, 1.165) is 5.92 Å². The predicted octanol–water partition coefficient (Wildman–Crippen LogP) is 1.69. The maximum absolute atomic E-state index is 5.37. The van der Waals surface area contributed by atoms with Crippen molar-refractivity contribution in [3.63, 3.8) is 0 Å². The van der Waals surface area contributed by atoms with Crippen LogP contribution in [0.15, 0.2) is 0 Å². The summed E-state index contributed by atoms with van der Waals surface area (Å²) >= 11 is 10.7. The average Bonchev–Trinajstić information content (AvgIpc) is 1.31. The number of nitrogens with two attached hydrogens (primary N) is 1. The van der Waals surface area contributed by atoms with Gasteiger partial charge in [-0.3, -0.25) is 5.73 Å². The minimum atomic E-state index is -1.14. The lowest BCUT2D eigenvalue weighted by Crippen LogP contribution is -2.30. The Morgan fingerprint density at radius 3 is 1.57 bits per heavy atom. The van der Waals surface area contributed by atoms with Crippen molar-refractivity contribution in [3.05, 3.63) is 5.92 Å². The highest BCUT2D eigenvalue weighted by Crippen LogP contribution is 2.24. The first-order valence-corrected chi connectivity index (χ1v) is 2.67. The lowest BCUT2D eigenvalue weighted by molar-refractivity contribution is 0.825. The number of rotatable bonds is 1. The molecule has 1 nitrogen and oxygen atoms in total. The Morgan fingerprint density at radius 1 is 1.43 bits per heavy atom. The van der Waals surface area contributed by atoms with Gasteiger partial charge in [-0.05, 0) is 0 Å². The molecule has 43 valence electrons. The van der Waals surface area contributed by atoms with E-state index in [1.807, 2.05) is 0 Å². The molecule has 0 saturated carbocycles. The Kier molecular flexibility index (Phi) is 2.38. The van der Waals surface area contributed by atoms with Crippen LogP contribution in [0.4, 0.5) is 0 Å². The van der Waals surface area contributed by atoms with Crippen LogP contribution in [0.25, 0.3) is 0 Å². The van der Waals surface area contributed by atoms with Gasteiger partial charge in [0, 0.05) is 5.92 Å². The summed E-state index contributed by atoms with van der Waals surface area (Å²) in [6.45, 7) is 3.56. The van der Waals surface area contributed by atoms with Crippen molar-refractivity contribution in [2.45, 2.75) is 18.3 Å². The number of hydrogen-bond donors (Lipinski definition) is 1. The standard InChI is InChI=1S/C4H8Cl2N/c1-3(2)4(5,6)7/h7H2,1-2H3. The van der Waals surface area contributed by atoms with Gasteiger partial charge in [0.2, 0.25) is 0 Å². The van der Waals surface area contributed by atoms with Gasteiger partial charge in [-0.25, -0.2) is 0 Å². The van der Waals surface area contributed by atoms with E-state index in [-0.39, 0.29) is 0 Å². The third kappa shape index (κ3) is 3.15. The first-order chi connectivity index (χ1) is 2.94. The summed E-state index contributed by atoms with van der Waals surface area (Å²) in [6, 6.07) is 0. The summed E-state index contributed by atoms with van der Waals surface area (Å²) in [4.78, 5) is 0. The van der Waals surface area contributed by atoms with Crippen molar-refractivity contribution < 1.29 is 0 Å². The maximum Gasteiger partial charge on any atom is 0.172 e. The van der Waals surface area contributed by atoms with E-state index >= 15 is 0 Å². The van der Waals surface area contributed by atoms with E-state index in [1.54, 1.807) is 13.8 Å². The molecule has 0 bridgehead atoms. The number of alkyl halides is 2. The normalized spacial score (nSPS) is 12.9. The zero-order valence-electron chi connectivity index (χ0n) is 4.33. The van der Waals surface area contributed by atoms with Crippen LogP contribution in [-0.4, -0.2) is 4.46 Å². The van der Waals surface area contributed by atoms with E-state index in [1.165, 1.54) is 0 Å². The van der Waals surface area contributed by atoms with Gasteiger partial charge in [0.1, 0.15) is 0 Å².